The minimum atomic E-state index is -0.557. The standard InChI is InChI=1S/C12H9BrN2O2S/c13-9-4-2-1-3-7(9)11(17)15-12-8(10(14)16)5-6-18-12/h1-6H,(H2,14,16)(H,15,17). The minimum Gasteiger partial charge on any atom is -0.366 e. The second-order valence-corrected chi connectivity index (χ2v) is 5.23. The average molecular weight is 325 g/mol. The summed E-state index contributed by atoms with van der Waals surface area (Å²) in [7, 11) is 0. The fourth-order valence-corrected chi connectivity index (χ4v) is 2.67. The van der Waals surface area contributed by atoms with Gasteiger partial charge in [-0.05, 0) is 39.5 Å². The van der Waals surface area contributed by atoms with Gasteiger partial charge in [0.05, 0.1) is 11.1 Å². The number of hydrogen-bond acceptors (Lipinski definition) is 3. The van der Waals surface area contributed by atoms with E-state index in [0.29, 0.717) is 20.6 Å². The fourth-order valence-electron chi connectivity index (χ4n) is 1.42. The van der Waals surface area contributed by atoms with Crippen molar-refractivity contribution in [1.29, 1.82) is 0 Å². The molecule has 2 aromatic rings. The average Bonchev–Trinajstić information content (AvgIpc) is 2.77. The first kappa shape index (κ1) is 12.8. The second-order valence-electron chi connectivity index (χ2n) is 3.46. The van der Waals surface area contributed by atoms with E-state index in [-0.39, 0.29) is 5.91 Å². The zero-order chi connectivity index (χ0) is 13.1. The molecule has 1 heterocycles. The van der Waals surface area contributed by atoms with Crippen molar-refractivity contribution in [2.24, 2.45) is 5.73 Å². The molecule has 0 fully saturated rings. The highest BCUT2D eigenvalue weighted by Crippen LogP contribution is 2.24. The number of nitrogens with one attached hydrogen (secondary N) is 1. The third kappa shape index (κ3) is 2.60. The predicted octanol–water partition coefficient (Wildman–Crippen LogP) is 2.86. The highest BCUT2D eigenvalue weighted by molar-refractivity contribution is 9.10. The molecule has 92 valence electrons. The third-order valence-electron chi connectivity index (χ3n) is 2.28. The molecule has 0 unspecified atom stereocenters. The van der Waals surface area contributed by atoms with Crippen molar-refractivity contribution in [3.05, 3.63) is 51.3 Å². The number of rotatable bonds is 3. The van der Waals surface area contributed by atoms with Gasteiger partial charge < -0.3 is 11.1 Å². The summed E-state index contributed by atoms with van der Waals surface area (Å²) >= 11 is 4.56. The molecule has 0 saturated heterocycles. The van der Waals surface area contributed by atoms with E-state index < -0.39 is 5.91 Å². The Morgan fingerprint density at radius 2 is 1.89 bits per heavy atom. The van der Waals surface area contributed by atoms with Crippen molar-refractivity contribution < 1.29 is 9.59 Å². The normalized spacial score (nSPS) is 10.1. The summed E-state index contributed by atoms with van der Waals surface area (Å²) in [5.41, 5.74) is 6.03. The molecule has 0 atom stereocenters. The van der Waals surface area contributed by atoms with Crippen LogP contribution in [0.2, 0.25) is 0 Å². The summed E-state index contributed by atoms with van der Waals surface area (Å²) in [6.45, 7) is 0. The quantitative estimate of drug-likeness (QED) is 0.911. The maximum absolute atomic E-state index is 12.0. The Kier molecular flexibility index (Phi) is 3.78. The van der Waals surface area contributed by atoms with Crippen molar-refractivity contribution in [3.63, 3.8) is 0 Å². The van der Waals surface area contributed by atoms with Gasteiger partial charge in [0.25, 0.3) is 11.8 Å². The number of carbonyl (C=O) groups is 2. The Morgan fingerprint density at radius 3 is 2.56 bits per heavy atom. The summed E-state index contributed by atoms with van der Waals surface area (Å²) < 4.78 is 0.694. The van der Waals surface area contributed by atoms with Gasteiger partial charge in [0.1, 0.15) is 5.00 Å². The fraction of sp³-hybridized carbons (Fsp3) is 0. The Labute approximate surface area is 116 Å². The Bertz CT molecular complexity index is 610. The number of anilines is 1. The van der Waals surface area contributed by atoms with Crippen LogP contribution in [0.15, 0.2) is 40.2 Å². The Hall–Kier alpha value is -1.66. The van der Waals surface area contributed by atoms with E-state index in [4.69, 9.17) is 5.73 Å². The molecule has 1 aromatic heterocycles. The summed E-state index contributed by atoms with van der Waals surface area (Å²) in [5.74, 6) is -0.842. The second kappa shape index (κ2) is 5.32. The SMILES string of the molecule is NC(=O)c1ccsc1NC(=O)c1ccccc1Br. The number of halogens is 1. The zero-order valence-corrected chi connectivity index (χ0v) is 11.5. The van der Waals surface area contributed by atoms with Crippen LogP contribution < -0.4 is 11.1 Å². The van der Waals surface area contributed by atoms with Crippen LogP contribution in [-0.4, -0.2) is 11.8 Å². The van der Waals surface area contributed by atoms with Gasteiger partial charge in [-0.25, -0.2) is 0 Å². The molecule has 2 amide bonds. The molecular weight excluding hydrogens is 316 g/mol. The smallest absolute Gasteiger partial charge is 0.257 e. The largest absolute Gasteiger partial charge is 0.366 e. The monoisotopic (exact) mass is 324 g/mol. The summed E-state index contributed by atoms with van der Waals surface area (Å²) in [6, 6.07) is 8.64. The molecule has 0 spiro atoms. The van der Waals surface area contributed by atoms with Gasteiger partial charge in [0.15, 0.2) is 0 Å². The molecule has 2 rings (SSSR count). The van der Waals surface area contributed by atoms with Crippen LogP contribution in [0.4, 0.5) is 5.00 Å². The molecule has 18 heavy (non-hydrogen) atoms. The topological polar surface area (TPSA) is 72.2 Å². The zero-order valence-electron chi connectivity index (χ0n) is 9.14. The maximum atomic E-state index is 12.0. The first-order chi connectivity index (χ1) is 8.59. The van der Waals surface area contributed by atoms with E-state index in [1.54, 1.807) is 29.6 Å². The van der Waals surface area contributed by atoms with E-state index in [0.717, 1.165) is 0 Å². The summed E-state index contributed by atoms with van der Waals surface area (Å²) in [5, 5.41) is 4.84. The molecule has 4 nitrogen and oxygen atoms in total. The first-order valence-corrected chi connectivity index (χ1v) is 6.70. The highest BCUT2D eigenvalue weighted by atomic mass is 79.9. The minimum absolute atomic E-state index is 0.285. The molecule has 0 radical (unpaired) electrons. The van der Waals surface area contributed by atoms with E-state index in [2.05, 4.69) is 21.2 Å². The molecule has 0 saturated carbocycles. The molecule has 0 aliphatic carbocycles. The number of nitrogens with two attached hydrogens (primary N) is 1. The van der Waals surface area contributed by atoms with Gasteiger partial charge in [-0.15, -0.1) is 11.3 Å². The Balaban J connectivity index is 2.25. The van der Waals surface area contributed by atoms with Crippen LogP contribution in [0, 0.1) is 0 Å². The van der Waals surface area contributed by atoms with E-state index in [1.807, 2.05) is 6.07 Å². The lowest BCUT2D eigenvalue weighted by Gasteiger charge is -2.06. The van der Waals surface area contributed by atoms with Crippen molar-refractivity contribution in [2.75, 3.05) is 5.32 Å². The van der Waals surface area contributed by atoms with Crippen LogP contribution in [0.1, 0.15) is 20.7 Å². The van der Waals surface area contributed by atoms with Crippen LogP contribution in [0.3, 0.4) is 0 Å². The van der Waals surface area contributed by atoms with Gasteiger partial charge in [-0.3, -0.25) is 9.59 Å². The van der Waals surface area contributed by atoms with Gasteiger partial charge in [0.2, 0.25) is 0 Å². The van der Waals surface area contributed by atoms with Crippen molar-refractivity contribution in [3.8, 4) is 0 Å². The molecular formula is C12H9BrN2O2S. The number of amides is 2. The molecule has 0 aliphatic rings. The van der Waals surface area contributed by atoms with E-state index in [9.17, 15) is 9.59 Å². The molecule has 3 N–H and O–H groups in total. The third-order valence-corrected chi connectivity index (χ3v) is 3.80. The van der Waals surface area contributed by atoms with Gasteiger partial charge >= 0.3 is 0 Å². The van der Waals surface area contributed by atoms with Crippen LogP contribution in [-0.2, 0) is 0 Å². The molecule has 1 aromatic carbocycles. The van der Waals surface area contributed by atoms with Crippen LogP contribution in [0.5, 0.6) is 0 Å². The molecule has 0 bridgehead atoms. The van der Waals surface area contributed by atoms with Crippen molar-refractivity contribution in [1.82, 2.24) is 0 Å². The van der Waals surface area contributed by atoms with Crippen molar-refractivity contribution in [2.45, 2.75) is 0 Å². The highest BCUT2D eigenvalue weighted by Gasteiger charge is 2.14. The number of benzene rings is 1. The number of carbonyl (C=O) groups excluding carboxylic acids is 2. The Morgan fingerprint density at radius 1 is 1.17 bits per heavy atom. The predicted molar refractivity (Wildman–Crippen MR) is 74.9 cm³/mol. The lowest BCUT2D eigenvalue weighted by molar-refractivity contribution is 0.100. The lowest BCUT2D eigenvalue weighted by Crippen LogP contribution is -2.16. The molecule has 6 heteroatoms. The van der Waals surface area contributed by atoms with Gasteiger partial charge in [0, 0.05) is 4.47 Å². The van der Waals surface area contributed by atoms with E-state index >= 15 is 0 Å². The lowest BCUT2D eigenvalue weighted by atomic mass is 10.2. The summed E-state index contributed by atoms with van der Waals surface area (Å²) in [6.07, 6.45) is 0. The number of primary amides is 1. The molecule has 0 aliphatic heterocycles. The van der Waals surface area contributed by atoms with Crippen LogP contribution in [0.25, 0.3) is 0 Å². The number of hydrogen-bond donors (Lipinski definition) is 2. The first-order valence-electron chi connectivity index (χ1n) is 5.03. The van der Waals surface area contributed by atoms with Gasteiger partial charge in [-0.2, -0.15) is 0 Å². The summed E-state index contributed by atoms with van der Waals surface area (Å²) in [4.78, 5) is 23.2. The van der Waals surface area contributed by atoms with Gasteiger partial charge in [-0.1, -0.05) is 12.1 Å². The van der Waals surface area contributed by atoms with Crippen LogP contribution >= 0.6 is 27.3 Å². The maximum Gasteiger partial charge on any atom is 0.257 e. The number of thiophene rings is 1. The van der Waals surface area contributed by atoms with E-state index in [1.165, 1.54) is 11.3 Å². The van der Waals surface area contributed by atoms with Crippen molar-refractivity contribution >= 4 is 44.1 Å².